The molecule has 1 aliphatic heterocycles. The molecule has 0 saturated carbocycles. The van der Waals surface area contributed by atoms with Gasteiger partial charge in [0.1, 0.15) is 0 Å². The van der Waals surface area contributed by atoms with Crippen molar-refractivity contribution in [3.8, 4) is 0 Å². The van der Waals surface area contributed by atoms with Crippen molar-refractivity contribution in [1.29, 1.82) is 0 Å². The number of carbonyl (C=O) groups is 1. The maximum absolute atomic E-state index is 12.9. The smallest absolute Gasteiger partial charge is 0.406 e. The van der Waals surface area contributed by atoms with E-state index in [0.29, 0.717) is 5.69 Å². The van der Waals surface area contributed by atoms with E-state index in [2.05, 4.69) is 4.98 Å². The van der Waals surface area contributed by atoms with Gasteiger partial charge in [0.2, 0.25) is 0 Å². The highest BCUT2D eigenvalue weighted by atomic mass is 19.4. The monoisotopic (exact) mass is 260 g/mol. The molecule has 0 aromatic carbocycles. The molecule has 1 unspecified atom stereocenters. The minimum Gasteiger partial charge on any atom is -0.481 e. The normalized spacial score (nSPS) is 24.3. The molecule has 0 amide bonds. The molecule has 0 radical (unpaired) electrons. The van der Waals surface area contributed by atoms with Crippen LogP contribution in [0.1, 0.15) is 6.42 Å². The lowest BCUT2D eigenvalue weighted by Gasteiger charge is -2.27. The van der Waals surface area contributed by atoms with E-state index in [1.807, 2.05) is 0 Å². The molecule has 1 N–H and O–H groups in total. The standard InChI is InChI=1S/C11H11F3N2O2/c12-11(13,14)10(9(17)18)3-6-16(7-10)8-1-4-15-5-2-8/h1-2,4-5H,3,6-7H2,(H,17,18). The van der Waals surface area contributed by atoms with Crippen LogP contribution in [0.25, 0.3) is 0 Å². The number of carboxylic acids is 1. The van der Waals surface area contributed by atoms with Crippen LogP contribution in [0.5, 0.6) is 0 Å². The van der Waals surface area contributed by atoms with Crippen molar-refractivity contribution < 1.29 is 23.1 Å². The Hall–Kier alpha value is -1.79. The van der Waals surface area contributed by atoms with Gasteiger partial charge in [0, 0.05) is 31.2 Å². The number of halogens is 3. The number of hydrogen-bond acceptors (Lipinski definition) is 3. The second-order valence-corrected chi connectivity index (χ2v) is 4.26. The third-order valence-corrected chi connectivity index (χ3v) is 3.25. The lowest BCUT2D eigenvalue weighted by atomic mass is 9.86. The number of carboxylic acid groups (broad SMARTS) is 1. The van der Waals surface area contributed by atoms with Gasteiger partial charge < -0.3 is 10.0 Å². The number of nitrogens with zero attached hydrogens (tertiary/aromatic N) is 2. The molecule has 1 aliphatic rings. The fourth-order valence-electron chi connectivity index (χ4n) is 2.11. The van der Waals surface area contributed by atoms with Crippen molar-refractivity contribution in [3.05, 3.63) is 24.5 Å². The Kier molecular flexibility index (Phi) is 2.92. The first-order valence-corrected chi connectivity index (χ1v) is 5.32. The number of aliphatic carboxylic acids is 1. The quantitative estimate of drug-likeness (QED) is 0.882. The summed E-state index contributed by atoms with van der Waals surface area (Å²) in [6.45, 7) is -0.494. The summed E-state index contributed by atoms with van der Waals surface area (Å²) in [7, 11) is 0. The van der Waals surface area contributed by atoms with Crippen LogP contribution in [-0.4, -0.2) is 35.3 Å². The Morgan fingerprint density at radius 2 is 2.00 bits per heavy atom. The summed E-state index contributed by atoms with van der Waals surface area (Å²) in [4.78, 5) is 16.2. The van der Waals surface area contributed by atoms with Gasteiger partial charge in [0.15, 0.2) is 5.41 Å². The summed E-state index contributed by atoms with van der Waals surface area (Å²) in [5, 5.41) is 8.91. The summed E-state index contributed by atoms with van der Waals surface area (Å²) in [5.74, 6) is -1.81. The Bertz CT molecular complexity index is 449. The molecule has 1 atom stereocenters. The Balaban J connectivity index is 2.28. The zero-order valence-electron chi connectivity index (χ0n) is 9.31. The van der Waals surface area contributed by atoms with E-state index >= 15 is 0 Å². The van der Waals surface area contributed by atoms with Crippen molar-refractivity contribution in [2.75, 3.05) is 18.0 Å². The molecule has 98 valence electrons. The molecule has 1 aromatic heterocycles. The minimum absolute atomic E-state index is 0.0653. The zero-order valence-corrected chi connectivity index (χ0v) is 9.31. The molecular formula is C11H11F3N2O2. The molecule has 1 aromatic rings. The lowest BCUT2D eigenvalue weighted by Crippen LogP contribution is -2.47. The number of pyridine rings is 1. The second-order valence-electron chi connectivity index (χ2n) is 4.26. The molecule has 18 heavy (non-hydrogen) atoms. The largest absolute Gasteiger partial charge is 0.481 e. The van der Waals surface area contributed by atoms with Crippen molar-refractivity contribution in [1.82, 2.24) is 4.98 Å². The first kappa shape index (κ1) is 12.7. The fourth-order valence-corrected chi connectivity index (χ4v) is 2.11. The highest BCUT2D eigenvalue weighted by Gasteiger charge is 2.63. The second kappa shape index (κ2) is 4.15. The highest BCUT2D eigenvalue weighted by molar-refractivity contribution is 5.78. The van der Waals surface area contributed by atoms with E-state index < -0.39 is 30.5 Å². The summed E-state index contributed by atoms with van der Waals surface area (Å²) >= 11 is 0. The van der Waals surface area contributed by atoms with Crippen molar-refractivity contribution in [3.63, 3.8) is 0 Å². The van der Waals surface area contributed by atoms with Gasteiger partial charge in [0.25, 0.3) is 0 Å². The van der Waals surface area contributed by atoms with Crippen LogP contribution < -0.4 is 4.90 Å². The Labute approximate surface area is 101 Å². The first-order valence-electron chi connectivity index (χ1n) is 5.32. The summed E-state index contributed by atoms with van der Waals surface area (Å²) < 4.78 is 38.8. The van der Waals surface area contributed by atoms with Crippen LogP contribution in [0.15, 0.2) is 24.5 Å². The molecule has 1 fully saturated rings. The molecule has 1 saturated heterocycles. The maximum Gasteiger partial charge on any atom is 0.406 e. The van der Waals surface area contributed by atoms with E-state index in [1.54, 1.807) is 12.1 Å². The van der Waals surface area contributed by atoms with Crippen molar-refractivity contribution in [2.24, 2.45) is 5.41 Å². The van der Waals surface area contributed by atoms with E-state index in [9.17, 15) is 18.0 Å². The summed E-state index contributed by atoms with van der Waals surface area (Å²) in [6, 6.07) is 3.13. The molecule has 4 nitrogen and oxygen atoms in total. The van der Waals surface area contributed by atoms with Gasteiger partial charge in [-0.25, -0.2) is 0 Å². The molecule has 0 aliphatic carbocycles. The summed E-state index contributed by atoms with van der Waals surface area (Å²) in [6.07, 6.45) is -2.26. The molecule has 0 bridgehead atoms. The van der Waals surface area contributed by atoms with Crippen LogP contribution in [0.3, 0.4) is 0 Å². The fraction of sp³-hybridized carbons (Fsp3) is 0.455. The van der Waals surface area contributed by atoms with Crippen LogP contribution in [-0.2, 0) is 4.79 Å². The zero-order chi connectivity index (χ0) is 13.4. The highest BCUT2D eigenvalue weighted by Crippen LogP contribution is 2.46. The molecular weight excluding hydrogens is 249 g/mol. The molecule has 2 rings (SSSR count). The van der Waals surface area contributed by atoms with E-state index in [1.165, 1.54) is 17.3 Å². The van der Waals surface area contributed by atoms with Gasteiger partial charge >= 0.3 is 12.1 Å². The number of anilines is 1. The average Bonchev–Trinajstić information content (AvgIpc) is 2.75. The van der Waals surface area contributed by atoms with Gasteiger partial charge in [-0.2, -0.15) is 13.2 Å². The summed E-state index contributed by atoms with van der Waals surface area (Å²) in [5.41, 5.74) is -2.12. The Morgan fingerprint density at radius 1 is 1.39 bits per heavy atom. The minimum atomic E-state index is -4.75. The predicted molar refractivity (Wildman–Crippen MR) is 57.2 cm³/mol. The lowest BCUT2D eigenvalue weighted by molar-refractivity contribution is -0.225. The molecule has 2 heterocycles. The predicted octanol–water partition coefficient (Wildman–Crippen LogP) is 1.93. The van der Waals surface area contributed by atoms with Crippen LogP contribution in [0, 0.1) is 5.41 Å². The SMILES string of the molecule is O=C(O)C1(C(F)(F)F)CCN(c2ccncc2)C1. The topological polar surface area (TPSA) is 53.4 Å². The van der Waals surface area contributed by atoms with Crippen molar-refractivity contribution >= 4 is 11.7 Å². The third-order valence-electron chi connectivity index (χ3n) is 3.25. The maximum atomic E-state index is 12.9. The van der Waals surface area contributed by atoms with Crippen LogP contribution >= 0.6 is 0 Å². The van der Waals surface area contributed by atoms with Gasteiger partial charge in [-0.15, -0.1) is 0 Å². The molecule has 7 heteroatoms. The number of alkyl halides is 3. The van der Waals surface area contributed by atoms with Crippen molar-refractivity contribution in [2.45, 2.75) is 12.6 Å². The first-order chi connectivity index (χ1) is 8.37. The van der Waals surface area contributed by atoms with Gasteiger partial charge in [-0.05, 0) is 18.6 Å². The number of hydrogen-bond donors (Lipinski definition) is 1. The van der Waals surface area contributed by atoms with Gasteiger partial charge in [0.05, 0.1) is 0 Å². The Morgan fingerprint density at radius 3 is 2.44 bits per heavy atom. The van der Waals surface area contributed by atoms with Crippen LogP contribution in [0.4, 0.5) is 18.9 Å². The van der Waals surface area contributed by atoms with Gasteiger partial charge in [-0.3, -0.25) is 9.78 Å². The molecule has 0 spiro atoms. The van der Waals surface area contributed by atoms with E-state index in [4.69, 9.17) is 5.11 Å². The van der Waals surface area contributed by atoms with E-state index in [-0.39, 0.29) is 6.54 Å². The van der Waals surface area contributed by atoms with Crippen LogP contribution in [0.2, 0.25) is 0 Å². The average molecular weight is 260 g/mol. The number of rotatable bonds is 2. The number of aromatic nitrogens is 1. The third kappa shape index (κ3) is 1.89. The van der Waals surface area contributed by atoms with Gasteiger partial charge in [-0.1, -0.05) is 0 Å². The van der Waals surface area contributed by atoms with E-state index in [0.717, 1.165) is 0 Å².